The Morgan fingerprint density at radius 3 is 1.81 bits per heavy atom. The number of hydrogen-bond donors (Lipinski definition) is 0. The molecule has 194 valence electrons. The zero-order valence-corrected chi connectivity index (χ0v) is 23.6. The van der Waals surface area contributed by atoms with Crippen molar-refractivity contribution in [2.45, 2.75) is 63.5 Å². The standard InChI is InChI=1S/C31H42N2O2S/c1-7-9-21-33(22-10-8-2)28-17-20-30(25(4)23-28)31(26-13-15-27(16-14-26)32(5)6)36(34,35)29-18-11-24(3)12-19-29/h11-20,23,31H,7-10,21-22H2,1-6H3. The number of benzene rings is 3. The first-order valence-electron chi connectivity index (χ1n) is 13.1. The van der Waals surface area contributed by atoms with E-state index in [1.165, 1.54) is 5.69 Å². The molecule has 36 heavy (non-hydrogen) atoms. The van der Waals surface area contributed by atoms with Gasteiger partial charge >= 0.3 is 0 Å². The van der Waals surface area contributed by atoms with Crippen molar-refractivity contribution >= 4 is 21.2 Å². The molecule has 0 spiro atoms. The first-order chi connectivity index (χ1) is 17.2. The summed E-state index contributed by atoms with van der Waals surface area (Å²) >= 11 is 0. The molecule has 0 amide bonds. The summed E-state index contributed by atoms with van der Waals surface area (Å²) in [5.41, 5.74) is 5.88. The lowest BCUT2D eigenvalue weighted by molar-refractivity contribution is 0.589. The van der Waals surface area contributed by atoms with E-state index in [2.05, 4.69) is 30.9 Å². The molecule has 0 radical (unpaired) electrons. The Morgan fingerprint density at radius 1 is 0.750 bits per heavy atom. The van der Waals surface area contributed by atoms with E-state index >= 15 is 0 Å². The lowest BCUT2D eigenvalue weighted by atomic mass is 9.98. The van der Waals surface area contributed by atoms with Gasteiger partial charge < -0.3 is 9.80 Å². The van der Waals surface area contributed by atoms with Crippen LogP contribution in [0.2, 0.25) is 0 Å². The summed E-state index contributed by atoms with van der Waals surface area (Å²) in [4.78, 5) is 4.82. The van der Waals surface area contributed by atoms with E-state index in [9.17, 15) is 8.42 Å². The third-order valence-electron chi connectivity index (χ3n) is 6.84. The number of nitrogens with zero attached hydrogens (tertiary/aromatic N) is 2. The van der Waals surface area contributed by atoms with E-state index in [1.54, 1.807) is 12.1 Å². The monoisotopic (exact) mass is 506 g/mol. The summed E-state index contributed by atoms with van der Waals surface area (Å²) < 4.78 is 28.2. The quantitative estimate of drug-likeness (QED) is 0.258. The number of anilines is 2. The van der Waals surface area contributed by atoms with E-state index in [1.807, 2.05) is 75.3 Å². The molecule has 1 unspecified atom stereocenters. The maximum atomic E-state index is 14.1. The topological polar surface area (TPSA) is 40.6 Å². The SMILES string of the molecule is CCCCN(CCCC)c1ccc(C(c2ccc(N(C)C)cc2)S(=O)(=O)c2ccc(C)cc2)c(C)c1. The summed E-state index contributed by atoms with van der Waals surface area (Å²) in [6, 6.07) is 21.4. The molecule has 0 saturated carbocycles. The molecular weight excluding hydrogens is 464 g/mol. The fourth-order valence-electron chi connectivity index (χ4n) is 4.56. The minimum atomic E-state index is -3.67. The molecule has 0 heterocycles. The van der Waals surface area contributed by atoms with Gasteiger partial charge in [-0.25, -0.2) is 8.42 Å². The molecule has 0 aromatic heterocycles. The molecule has 0 fully saturated rings. The van der Waals surface area contributed by atoms with Crippen molar-refractivity contribution in [3.8, 4) is 0 Å². The summed E-state index contributed by atoms with van der Waals surface area (Å²) in [5.74, 6) is 0. The predicted octanol–water partition coefficient (Wildman–Crippen LogP) is 7.34. The van der Waals surface area contributed by atoms with Gasteiger partial charge in [-0.05, 0) is 79.8 Å². The van der Waals surface area contributed by atoms with Gasteiger partial charge in [0.2, 0.25) is 0 Å². The third kappa shape index (κ3) is 6.50. The van der Waals surface area contributed by atoms with Crippen LogP contribution in [0.5, 0.6) is 0 Å². The molecule has 0 N–H and O–H groups in total. The third-order valence-corrected chi connectivity index (χ3v) is 8.91. The molecule has 4 nitrogen and oxygen atoms in total. The van der Waals surface area contributed by atoms with Gasteiger partial charge in [-0.2, -0.15) is 0 Å². The van der Waals surface area contributed by atoms with Crippen LogP contribution in [0.25, 0.3) is 0 Å². The van der Waals surface area contributed by atoms with Gasteiger partial charge in [0.1, 0.15) is 5.25 Å². The highest BCUT2D eigenvalue weighted by atomic mass is 32.2. The van der Waals surface area contributed by atoms with Crippen molar-refractivity contribution in [1.82, 2.24) is 0 Å². The van der Waals surface area contributed by atoms with Crippen LogP contribution in [0, 0.1) is 13.8 Å². The Kier molecular flexibility index (Phi) is 9.61. The van der Waals surface area contributed by atoms with Gasteiger partial charge in [0.25, 0.3) is 0 Å². The van der Waals surface area contributed by atoms with Gasteiger partial charge in [-0.3, -0.25) is 0 Å². The van der Waals surface area contributed by atoms with E-state index in [0.29, 0.717) is 4.90 Å². The second kappa shape index (κ2) is 12.4. The Hall–Kier alpha value is -2.79. The number of unbranched alkanes of at least 4 members (excludes halogenated alkanes) is 2. The van der Waals surface area contributed by atoms with Gasteiger partial charge in [-0.1, -0.05) is 62.6 Å². The molecule has 0 aliphatic heterocycles. The van der Waals surface area contributed by atoms with Gasteiger partial charge in [-0.15, -0.1) is 0 Å². The molecule has 3 rings (SSSR count). The van der Waals surface area contributed by atoms with Crippen molar-refractivity contribution in [2.75, 3.05) is 37.0 Å². The van der Waals surface area contributed by atoms with Crippen LogP contribution in [-0.2, 0) is 9.84 Å². The number of sulfone groups is 1. The Balaban J connectivity index is 2.10. The second-order valence-electron chi connectivity index (χ2n) is 9.96. The van der Waals surface area contributed by atoms with Crippen LogP contribution in [-0.4, -0.2) is 35.6 Å². The first kappa shape index (κ1) is 27.8. The highest BCUT2D eigenvalue weighted by molar-refractivity contribution is 7.92. The van der Waals surface area contributed by atoms with Crippen LogP contribution in [0.15, 0.2) is 71.6 Å². The zero-order valence-electron chi connectivity index (χ0n) is 22.8. The van der Waals surface area contributed by atoms with Crippen LogP contribution in [0.1, 0.15) is 67.0 Å². The average molecular weight is 507 g/mol. The van der Waals surface area contributed by atoms with Crippen molar-refractivity contribution in [3.05, 3.63) is 89.0 Å². The lowest BCUT2D eigenvalue weighted by Gasteiger charge is -2.27. The highest BCUT2D eigenvalue weighted by Crippen LogP contribution is 2.38. The molecule has 1 atom stereocenters. The van der Waals surface area contributed by atoms with Crippen LogP contribution in [0.3, 0.4) is 0 Å². The molecule has 3 aromatic carbocycles. The molecule has 3 aromatic rings. The summed E-state index contributed by atoms with van der Waals surface area (Å²) in [6.45, 7) is 10.5. The molecule has 0 bridgehead atoms. The Morgan fingerprint density at radius 2 is 1.31 bits per heavy atom. The van der Waals surface area contributed by atoms with E-state index in [0.717, 1.165) is 66.7 Å². The summed E-state index contributed by atoms with van der Waals surface area (Å²) in [5, 5.41) is -0.773. The van der Waals surface area contributed by atoms with E-state index < -0.39 is 15.1 Å². The average Bonchev–Trinajstić information content (AvgIpc) is 2.86. The highest BCUT2D eigenvalue weighted by Gasteiger charge is 2.32. The Bertz CT molecular complexity index is 1210. The van der Waals surface area contributed by atoms with Crippen molar-refractivity contribution < 1.29 is 8.42 Å². The number of rotatable bonds is 12. The normalized spacial score (nSPS) is 12.4. The van der Waals surface area contributed by atoms with Crippen LogP contribution >= 0.6 is 0 Å². The molecular formula is C31H42N2O2S. The molecule has 0 saturated heterocycles. The van der Waals surface area contributed by atoms with E-state index in [4.69, 9.17) is 0 Å². The number of aryl methyl sites for hydroxylation is 2. The number of hydrogen-bond acceptors (Lipinski definition) is 4. The molecule has 0 aliphatic carbocycles. The fraction of sp³-hybridized carbons (Fsp3) is 0.419. The maximum absolute atomic E-state index is 14.1. The van der Waals surface area contributed by atoms with Gasteiger partial charge in [0.05, 0.1) is 4.90 Å². The Labute approximate surface area is 218 Å². The van der Waals surface area contributed by atoms with Crippen molar-refractivity contribution in [2.24, 2.45) is 0 Å². The van der Waals surface area contributed by atoms with Gasteiger partial charge in [0.15, 0.2) is 9.84 Å². The van der Waals surface area contributed by atoms with Crippen molar-refractivity contribution in [3.63, 3.8) is 0 Å². The molecule has 5 heteroatoms. The lowest BCUT2D eigenvalue weighted by Crippen LogP contribution is -2.26. The minimum absolute atomic E-state index is 0.353. The van der Waals surface area contributed by atoms with Crippen molar-refractivity contribution in [1.29, 1.82) is 0 Å². The zero-order chi connectivity index (χ0) is 26.3. The van der Waals surface area contributed by atoms with Crippen LogP contribution < -0.4 is 9.80 Å². The summed E-state index contributed by atoms with van der Waals surface area (Å²) in [6.07, 6.45) is 4.60. The first-order valence-corrected chi connectivity index (χ1v) is 14.7. The van der Waals surface area contributed by atoms with Gasteiger partial charge in [0, 0.05) is 38.6 Å². The molecule has 0 aliphatic rings. The second-order valence-corrected chi connectivity index (χ2v) is 12.0. The maximum Gasteiger partial charge on any atom is 0.189 e. The van der Waals surface area contributed by atoms with E-state index in [-0.39, 0.29) is 0 Å². The smallest absolute Gasteiger partial charge is 0.189 e. The van der Waals surface area contributed by atoms with Crippen LogP contribution in [0.4, 0.5) is 11.4 Å². The predicted molar refractivity (Wildman–Crippen MR) is 154 cm³/mol. The summed E-state index contributed by atoms with van der Waals surface area (Å²) in [7, 11) is 0.306. The largest absolute Gasteiger partial charge is 0.378 e. The fourth-order valence-corrected chi connectivity index (χ4v) is 6.46. The minimum Gasteiger partial charge on any atom is -0.378 e.